The highest BCUT2D eigenvalue weighted by molar-refractivity contribution is 8.14. The van der Waals surface area contributed by atoms with Crippen LogP contribution in [0.3, 0.4) is 0 Å². The Hall–Kier alpha value is -2.34. The van der Waals surface area contributed by atoms with Gasteiger partial charge in [-0.3, -0.25) is 4.79 Å². The molecule has 0 atom stereocenters. The second-order valence-electron chi connectivity index (χ2n) is 6.45. The van der Waals surface area contributed by atoms with Crippen LogP contribution in [0.25, 0.3) is 0 Å². The summed E-state index contributed by atoms with van der Waals surface area (Å²) in [6.07, 6.45) is 4.73. The van der Waals surface area contributed by atoms with Gasteiger partial charge in [0.25, 0.3) is 0 Å². The maximum atomic E-state index is 13.7. The first-order chi connectivity index (χ1) is 13.2. The number of amidine groups is 1. The monoisotopic (exact) mass is 385 g/mol. The third-order valence-electron chi connectivity index (χ3n) is 4.34. The largest absolute Gasteiger partial charge is 0.351 e. The molecule has 27 heavy (non-hydrogen) atoms. The SMILES string of the molecule is O=C(CSC(=Nc1ccccc1)N1CCCCCC1)Nc1ccccc1F. The molecule has 0 aromatic heterocycles. The van der Waals surface area contributed by atoms with Gasteiger partial charge in [-0.1, -0.05) is 54.9 Å². The highest BCUT2D eigenvalue weighted by Gasteiger charge is 2.17. The summed E-state index contributed by atoms with van der Waals surface area (Å²) in [6, 6.07) is 16.0. The van der Waals surface area contributed by atoms with Crippen molar-refractivity contribution in [1.82, 2.24) is 4.90 Å². The Balaban J connectivity index is 1.68. The van der Waals surface area contributed by atoms with Crippen molar-refractivity contribution in [3.8, 4) is 0 Å². The molecule has 1 saturated heterocycles. The molecule has 1 fully saturated rings. The van der Waals surface area contributed by atoms with Gasteiger partial charge < -0.3 is 10.2 Å². The molecule has 0 bridgehead atoms. The summed E-state index contributed by atoms with van der Waals surface area (Å²) < 4.78 is 13.7. The van der Waals surface area contributed by atoms with E-state index in [0.717, 1.165) is 36.8 Å². The van der Waals surface area contributed by atoms with Crippen LogP contribution in [0.5, 0.6) is 0 Å². The lowest BCUT2D eigenvalue weighted by atomic mass is 10.2. The van der Waals surface area contributed by atoms with Crippen LogP contribution >= 0.6 is 11.8 Å². The number of halogens is 1. The van der Waals surface area contributed by atoms with E-state index >= 15 is 0 Å². The summed E-state index contributed by atoms with van der Waals surface area (Å²) in [5.41, 5.74) is 1.08. The summed E-state index contributed by atoms with van der Waals surface area (Å²) in [7, 11) is 0. The van der Waals surface area contributed by atoms with Gasteiger partial charge in [0.15, 0.2) is 5.17 Å². The molecule has 0 spiro atoms. The van der Waals surface area contributed by atoms with E-state index in [9.17, 15) is 9.18 Å². The lowest BCUT2D eigenvalue weighted by Crippen LogP contribution is -2.31. The van der Waals surface area contributed by atoms with Crippen molar-refractivity contribution in [1.29, 1.82) is 0 Å². The summed E-state index contributed by atoms with van der Waals surface area (Å²) in [6.45, 7) is 1.90. The van der Waals surface area contributed by atoms with Gasteiger partial charge in [-0.15, -0.1) is 0 Å². The van der Waals surface area contributed by atoms with Crippen molar-refractivity contribution in [2.24, 2.45) is 4.99 Å². The van der Waals surface area contributed by atoms with Gasteiger partial charge in [0.1, 0.15) is 5.82 Å². The number of aliphatic imine (C=N–C) groups is 1. The number of likely N-dealkylation sites (tertiary alicyclic amines) is 1. The smallest absolute Gasteiger partial charge is 0.234 e. The lowest BCUT2D eigenvalue weighted by Gasteiger charge is -2.23. The van der Waals surface area contributed by atoms with Gasteiger partial charge in [0.05, 0.1) is 17.1 Å². The number of carbonyl (C=O) groups is 1. The van der Waals surface area contributed by atoms with Crippen LogP contribution in [0.2, 0.25) is 0 Å². The quantitative estimate of drug-likeness (QED) is 0.591. The number of anilines is 1. The first-order valence-electron chi connectivity index (χ1n) is 9.28. The maximum absolute atomic E-state index is 13.7. The highest BCUT2D eigenvalue weighted by Crippen LogP contribution is 2.21. The highest BCUT2D eigenvalue weighted by atomic mass is 32.2. The van der Waals surface area contributed by atoms with Crippen LogP contribution in [-0.2, 0) is 4.79 Å². The molecule has 3 rings (SSSR count). The van der Waals surface area contributed by atoms with E-state index < -0.39 is 5.82 Å². The average molecular weight is 386 g/mol. The Morgan fingerprint density at radius 1 is 1.00 bits per heavy atom. The van der Waals surface area contributed by atoms with E-state index in [1.165, 1.54) is 30.7 Å². The van der Waals surface area contributed by atoms with E-state index in [1.54, 1.807) is 18.2 Å². The van der Waals surface area contributed by atoms with Crippen molar-refractivity contribution in [2.45, 2.75) is 25.7 Å². The van der Waals surface area contributed by atoms with Crippen LogP contribution in [-0.4, -0.2) is 34.8 Å². The molecule has 1 aliphatic heterocycles. The number of carbonyl (C=O) groups excluding carboxylic acids is 1. The number of hydrogen-bond acceptors (Lipinski definition) is 3. The van der Waals surface area contributed by atoms with Crippen molar-refractivity contribution >= 4 is 34.2 Å². The minimum Gasteiger partial charge on any atom is -0.351 e. The molecule has 2 aromatic rings. The molecule has 1 amide bonds. The van der Waals surface area contributed by atoms with Crippen LogP contribution < -0.4 is 5.32 Å². The van der Waals surface area contributed by atoms with Crippen molar-refractivity contribution in [3.63, 3.8) is 0 Å². The number of rotatable bonds is 4. The van der Waals surface area contributed by atoms with E-state index in [2.05, 4.69) is 10.2 Å². The first-order valence-corrected chi connectivity index (χ1v) is 10.3. The Bertz CT molecular complexity index is 774. The topological polar surface area (TPSA) is 44.7 Å². The van der Waals surface area contributed by atoms with Crippen molar-refractivity contribution in [2.75, 3.05) is 24.2 Å². The normalized spacial score (nSPS) is 15.3. The summed E-state index contributed by atoms with van der Waals surface area (Å²) in [5.74, 6) is -0.474. The number of thioether (sulfide) groups is 1. The molecule has 1 aliphatic rings. The zero-order valence-corrected chi connectivity index (χ0v) is 16.1. The van der Waals surface area contributed by atoms with Gasteiger partial charge in [-0.2, -0.15) is 0 Å². The Labute approximate surface area is 163 Å². The molecule has 0 radical (unpaired) electrons. The standard InChI is InChI=1S/C21H24FN3OS/c22-18-12-6-7-13-19(18)24-20(26)16-27-21(23-17-10-4-3-5-11-17)25-14-8-1-2-9-15-25/h3-7,10-13H,1-2,8-9,14-16H2,(H,24,26). The third kappa shape index (κ3) is 6.10. The van der Waals surface area contributed by atoms with Crippen LogP contribution in [0, 0.1) is 5.82 Å². The average Bonchev–Trinajstić information content (AvgIpc) is 2.97. The number of nitrogens with one attached hydrogen (secondary N) is 1. The van der Waals surface area contributed by atoms with Gasteiger partial charge in [0, 0.05) is 13.1 Å². The molecular weight excluding hydrogens is 361 g/mol. The molecule has 0 unspecified atom stereocenters. The molecule has 1 heterocycles. The molecule has 6 heteroatoms. The summed E-state index contributed by atoms with van der Waals surface area (Å²) >= 11 is 1.41. The molecule has 1 N–H and O–H groups in total. The zero-order chi connectivity index (χ0) is 18.9. The molecule has 0 saturated carbocycles. The number of amides is 1. The molecule has 0 aliphatic carbocycles. The minimum absolute atomic E-state index is 0.191. The fraction of sp³-hybridized carbons (Fsp3) is 0.333. The summed E-state index contributed by atoms with van der Waals surface area (Å²) in [5, 5.41) is 3.49. The predicted molar refractivity (Wildman–Crippen MR) is 111 cm³/mol. The first kappa shape index (κ1) is 19.4. The van der Waals surface area contributed by atoms with E-state index in [4.69, 9.17) is 4.99 Å². The van der Waals surface area contributed by atoms with E-state index in [0.29, 0.717) is 0 Å². The van der Waals surface area contributed by atoms with E-state index in [1.807, 2.05) is 30.3 Å². The second kappa shape index (κ2) is 10.1. The minimum atomic E-state index is -0.429. The molecule has 4 nitrogen and oxygen atoms in total. The van der Waals surface area contributed by atoms with Crippen molar-refractivity contribution in [3.05, 3.63) is 60.4 Å². The number of para-hydroxylation sites is 2. The number of hydrogen-bond donors (Lipinski definition) is 1. The van der Waals surface area contributed by atoms with Crippen LogP contribution in [0.4, 0.5) is 15.8 Å². The summed E-state index contributed by atoms with van der Waals surface area (Å²) in [4.78, 5) is 19.3. The second-order valence-corrected chi connectivity index (χ2v) is 7.39. The number of nitrogens with zero attached hydrogens (tertiary/aromatic N) is 2. The van der Waals surface area contributed by atoms with Crippen LogP contribution in [0.15, 0.2) is 59.6 Å². The number of benzene rings is 2. The third-order valence-corrected chi connectivity index (χ3v) is 5.35. The maximum Gasteiger partial charge on any atom is 0.234 e. The molecular formula is C21H24FN3OS. The van der Waals surface area contributed by atoms with Gasteiger partial charge in [-0.05, 0) is 37.1 Å². The lowest BCUT2D eigenvalue weighted by molar-refractivity contribution is -0.113. The Kier molecular flexibility index (Phi) is 7.27. The predicted octanol–water partition coefficient (Wildman–Crippen LogP) is 5.06. The van der Waals surface area contributed by atoms with Gasteiger partial charge in [-0.25, -0.2) is 9.38 Å². The van der Waals surface area contributed by atoms with Crippen LogP contribution in [0.1, 0.15) is 25.7 Å². The van der Waals surface area contributed by atoms with Gasteiger partial charge >= 0.3 is 0 Å². The Morgan fingerprint density at radius 2 is 1.67 bits per heavy atom. The molecule has 2 aromatic carbocycles. The fourth-order valence-corrected chi connectivity index (χ4v) is 3.82. The zero-order valence-electron chi connectivity index (χ0n) is 15.2. The van der Waals surface area contributed by atoms with E-state index in [-0.39, 0.29) is 17.3 Å². The van der Waals surface area contributed by atoms with Crippen molar-refractivity contribution < 1.29 is 9.18 Å². The van der Waals surface area contributed by atoms with Gasteiger partial charge in [0.2, 0.25) is 5.91 Å². The Morgan fingerprint density at radius 3 is 2.37 bits per heavy atom. The molecule has 142 valence electrons. The fourth-order valence-electron chi connectivity index (χ4n) is 2.95.